The van der Waals surface area contributed by atoms with E-state index in [0.717, 1.165) is 10.9 Å². The van der Waals surface area contributed by atoms with E-state index < -0.39 is 5.60 Å². The van der Waals surface area contributed by atoms with Gasteiger partial charge in [-0.1, -0.05) is 0 Å². The van der Waals surface area contributed by atoms with E-state index in [0.29, 0.717) is 16.9 Å². The van der Waals surface area contributed by atoms with Gasteiger partial charge in [0.2, 0.25) is 0 Å². The molecule has 0 amide bonds. The summed E-state index contributed by atoms with van der Waals surface area (Å²) in [6.45, 7) is 5.56. The topological polar surface area (TPSA) is 95.9 Å². The maximum absolute atomic E-state index is 12.2. The summed E-state index contributed by atoms with van der Waals surface area (Å²) in [4.78, 5) is 24.6. The number of nitrogens with zero attached hydrogens (tertiary/aromatic N) is 4. The molecule has 7 nitrogen and oxygen atoms in total. The van der Waals surface area contributed by atoms with Crippen LogP contribution in [0.5, 0.6) is 0 Å². The van der Waals surface area contributed by atoms with Gasteiger partial charge in [-0.3, -0.25) is 9.78 Å². The molecule has 0 bridgehead atoms. The highest BCUT2D eigenvalue weighted by Crippen LogP contribution is 2.29. The van der Waals surface area contributed by atoms with Crippen molar-refractivity contribution in [1.82, 2.24) is 19.5 Å². The van der Waals surface area contributed by atoms with Gasteiger partial charge in [0.05, 0.1) is 10.9 Å². The summed E-state index contributed by atoms with van der Waals surface area (Å²) in [5.74, 6) is 0.0336. The fourth-order valence-corrected chi connectivity index (χ4v) is 2.44. The van der Waals surface area contributed by atoms with Crippen LogP contribution in [0.15, 0.2) is 24.8 Å². The first kappa shape index (κ1) is 14.2. The van der Waals surface area contributed by atoms with E-state index in [1.807, 2.05) is 26.8 Å². The van der Waals surface area contributed by atoms with Gasteiger partial charge in [-0.15, -0.1) is 0 Å². The Morgan fingerprint density at radius 3 is 2.86 bits per heavy atom. The molecule has 0 aliphatic heterocycles. The Kier molecular flexibility index (Phi) is 3.20. The van der Waals surface area contributed by atoms with Crippen LogP contribution >= 0.6 is 0 Å². The Bertz CT molecular complexity index is 863. The molecule has 0 radical (unpaired) electrons. The van der Waals surface area contributed by atoms with Gasteiger partial charge in [-0.2, -0.15) is 0 Å². The van der Waals surface area contributed by atoms with Crippen LogP contribution in [-0.2, 0) is 16.1 Å². The number of nitrogens with two attached hydrogens (primary N) is 1. The fourth-order valence-electron chi connectivity index (χ4n) is 2.44. The average molecular weight is 299 g/mol. The van der Waals surface area contributed by atoms with E-state index in [1.165, 1.54) is 6.33 Å². The normalized spacial score (nSPS) is 12.0. The number of nitrogen functional groups attached to an aromatic ring is 1. The number of esters is 1. The third kappa shape index (κ3) is 2.45. The van der Waals surface area contributed by atoms with Gasteiger partial charge in [0.15, 0.2) is 0 Å². The highest BCUT2D eigenvalue weighted by molar-refractivity contribution is 6.11. The van der Waals surface area contributed by atoms with Crippen molar-refractivity contribution >= 4 is 33.7 Å². The van der Waals surface area contributed by atoms with Crippen molar-refractivity contribution in [3.8, 4) is 0 Å². The molecule has 0 fully saturated rings. The number of hydrogen-bond donors (Lipinski definition) is 1. The zero-order chi connectivity index (χ0) is 15.9. The quantitative estimate of drug-likeness (QED) is 0.726. The van der Waals surface area contributed by atoms with Crippen molar-refractivity contribution in [2.45, 2.75) is 32.9 Å². The molecule has 0 atom stereocenters. The molecule has 2 N–H and O–H groups in total. The highest BCUT2D eigenvalue weighted by atomic mass is 16.6. The number of ether oxygens (including phenoxy) is 1. The molecule has 0 saturated carbocycles. The lowest BCUT2D eigenvalue weighted by Gasteiger charge is -2.19. The van der Waals surface area contributed by atoms with Crippen LogP contribution in [0.25, 0.3) is 21.9 Å². The van der Waals surface area contributed by atoms with Gasteiger partial charge in [-0.05, 0) is 26.8 Å². The SMILES string of the molecule is CC(C)(C)OC(=O)Cn1c2ccncc2c2c(N)ncnc21. The molecule has 0 unspecified atom stereocenters. The molecule has 3 rings (SSSR count). The number of anilines is 1. The first-order valence-electron chi connectivity index (χ1n) is 6.91. The van der Waals surface area contributed by atoms with Crippen molar-refractivity contribution < 1.29 is 9.53 Å². The summed E-state index contributed by atoms with van der Waals surface area (Å²) in [5.41, 5.74) is 6.84. The third-order valence-electron chi connectivity index (χ3n) is 3.18. The van der Waals surface area contributed by atoms with Crippen molar-refractivity contribution in [1.29, 1.82) is 0 Å². The fraction of sp³-hybridized carbons (Fsp3) is 0.333. The molecule has 7 heteroatoms. The van der Waals surface area contributed by atoms with Crippen LogP contribution in [0, 0.1) is 0 Å². The van der Waals surface area contributed by atoms with Crippen molar-refractivity contribution in [2.24, 2.45) is 0 Å². The zero-order valence-electron chi connectivity index (χ0n) is 12.7. The number of hydrogen-bond acceptors (Lipinski definition) is 6. The maximum atomic E-state index is 12.2. The van der Waals surface area contributed by atoms with Crippen LogP contribution in [0.1, 0.15) is 20.8 Å². The monoisotopic (exact) mass is 299 g/mol. The Morgan fingerprint density at radius 1 is 1.36 bits per heavy atom. The van der Waals surface area contributed by atoms with E-state index in [-0.39, 0.29) is 12.5 Å². The van der Waals surface area contributed by atoms with E-state index in [1.54, 1.807) is 17.0 Å². The lowest BCUT2D eigenvalue weighted by Crippen LogP contribution is -2.26. The first-order valence-corrected chi connectivity index (χ1v) is 6.91. The predicted molar refractivity (Wildman–Crippen MR) is 83.1 cm³/mol. The molecular formula is C15H17N5O2. The second-order valence-corrected chi connectivity index (χ2v) is 6.02. The van der Waals surface area contributed by atoms with Crippen molar-refractivity contribution in [3.05, 3.63) is 24.8 Å². The van der Waals surface area contributed by atoms with Crippen LogP contribution in [0.3, 0.4) is 0 Å². The molecule has 0 aromatic carbocycles. The lowest BCUT2D eigenvalue weighted by atomic mass is 10.2. The molecule has 0 spiro atoms. The number of pyridine rings is 1. The average Bonchev–Trinajstić information content (AvgIpc) is 2.73. The molecular weight excluding hydrogens is 282 g/mol. The third-order valence-corrected chi connectivity index (χ3v) is 3.18. The molecule has 0 saturated heterocycles. The molecule has 3 aromatic heterocycles. The van der Waals surface area contributed by atoms with Crippen LogP contribution in [0.4, 0.5) is 5.82 Å². The number of rotatable bonds is 2. The van der Waals surface area contributed by atoms with Crippen molar-refractivity contribution in [2.75, 3.05) is 5.73 Å². The Morgan fingerprint density at radius 2 is 2.14 bits per heavy atom. The van der Waals surface area contributed by atoms with Gasteiger partial charge in [0.1, 0.15) is 29.9 Å². The van der Waals surface area contributed by atoms with Gasteiger partial charge in [0.25, 0.3) is 0 Å². The van der Waals surface area contributed by atoms with E-state index in [4.69, 9.17) is 10.5 Å². The van der Waals surface area contributed by atoms with Crippen LogP contribution in [-0.4, -0.2) is 31.1 Å². The van der Waals surface area contributed by atoms with Gasteiger partial charge in [-0.25, -0.2) is 9.97 Å². The summed E-state index contributed by atoms with van der Waals surface area (Å²) in [7, 11) is 0. The summed E-state index contributed by atoms with van der Waals surface area (Å²) in [6.07, 6.45) is 4.75. The molecule has 3 aromatic rings. The number of fused-ring (bicyclic) bond motifs is 3. The first-order chi connectivity index (χ1) is 10.4. The standard InChI is InChI=1S/C15H17N5O2/c1-15(2,3)22-11(21)7-20-10-4-5-17-6-9(10)12-13(16)18-8-19-14(12)20/h4-6,8H,7H2,1-3H3,(H2,16,18,19). The van der Waals surface area contributed by atoms with Crippen LogP contribution < -0.4 is 5.73 Å². The minimum atomic E-state index is -0.536. The minimum Gasteiger partial charge on any atom is -0.459 e. The zero-order valence-corrected chi connectivity index (χ0v) is 12.7. The van der Waals surface area contributed by atoms with Gasteiger partial charge < -0.3 is 15.0 Å². The second-order valence-electron chi connectivity index (χ2n) is 6.02. The molecule has 114 valence electrons. The summed E-state index contributed by atoms with van der Waals surface area (Å²) in [6, 6.07) is 1.82. The Labute approximate surface area is 127 Å². The highest BCUT2D eigenvalue weighted by Gasteiger charge is 2.20. The molecule has 0 aliphatic rings. The summed E-state index contributed by atoms with van der Waals surface area (Å²) in [5, 5.41) is 1.52. The number of carbonyl (C=O) groups excluding carboxylic acids is 1. The number of carbonyl (C=O) groups is 1. The largest absolute Gasteiger partial charge is 0.459 e. The summed E-state index contributed by atoms with van der Waals surface area (Å²) >= 11 is 0. The molecule has 3 heterocycles. The number of aromatic nitrogens is 4. The van der Waals surface area contributed by atoms with Crippen molar-refractivity contribution in [3.63, 3.8) is 0 Å². The van der Waals surface area contributed by atoms with Gasteiger partial charge in [0, 0.05) is 17.8 Å². The van der Waals surface area contributed by atoms with Gasteiger partial charge >= 0.3 is 5.97 Å². The molecule has 0 aliphatic carbocycles. The smallest absolute Gasteiger partial charge is 0.326 e. The van der Waals surface area contributed by atoms with E-state index >= 15 is 0 Å². The molecule has 22 heavy (non-hydrogen) atoms. The van der Waals surface area contributed by atoms with E-state index in [9.17, 15) is 4.79 Å². The Hall–Kier alpha value is -2.70. The Balaban J connectivity index is 2.15. The van der Waals surface area contributed by atoms with E-state index in [2.05, 4.69) is 15.0 Å². The second kappa shape index (κ2) is 4.94. The lowest BCUT2D eigenvalue weighted by molar-refractivity contribution is -0.155. The maximum Gasteiger partial charge on any atom is 0.326 e. The minimum absolute atomic E-state index is 0.0533. The van der Waals surface area contributed by atoms with Crippen LogP contribution in [0.2, 0.25) is 0 Å². The summed E-state index contributed by atoms with van der Waals surface area (Å²) < 4.78 is 7.17. The predicted octanol–water partition coefficient (Wildman–Crippen LogP) is 1.90.